The van der Waals surface area contributed by atoms with Gasteiger partial charge in [0.2, 0.25) is 5.91 Å². The van der Waals surface area contributed by atoms with Crippen LogP contribution in [0.15, 0.2) is 52.0 Å². The third-order valence-corrected chi connectivity index (χ3v) is 3.90. The van der Waals surface area contributed by atoms with Crippen LogP contribution in [0.5, 0.6) is 0 Å². The summed E-state index contributed by atoms with van der Waals surface area (Å²) < 4.78 is 4.89. The number of benzene rings is 1. The van der Waals surface area contributed by atoms with E-state index in [-0.39, 0.29) is 24.0 Å². The van der Waals surface area contributed by atoms with Crippen molar-refractivity contribution in [3.05, 3.63) is 54.0 Å². The second kappa shape index (κ2) is 8.78. The van der Waals surface area contributed by atoms with Crippen LogP contribution < -0.4 is 16.2 Å². The number of thioether (sulfide) groups is 1. The van der Waals surface area contributed by atoms with E-state index in [1.165, 1.54) is 24.1 Å². The largest absolute Gasteiger partial charge is 0.459 e. The smallest absolute Gasteiger partial charge is 0.287 e. The molecule has 3 amide bonds. The number of hydrogen-bond donors (Lipinski definition) is 3. The SMILES string of the molecule is Cc1ccc(SCC(=O)NNC(=O)CNC(=O)c2ccco2)cc1. The lowest BCUT2D eigenvalue weighted by Gasteiger charge is -2.08. The number of hydrazine groups is 1. The molecule has 1 aromatic heterocycles. The molecule has 0 saturated heterocycles. The molecule has 0 aliphatic rings. The van der Waals surface area contributed by atoms with Gasteiger partial charge in [-0.25, -0.2) is 0 Å². The van der Waals surface area contributed by atoms with Crippen molar-refractivity contribution in [3.8, 4) is 0 Å². The Labute approximate surface area is 143 Å². The first-order chi connectivity index (χ1) is 11.5. The molecule has 0 saturated carbocycles. The molecule has 2 rings (SSSR count). The van der Waals surface area contributed by atoms with E-state index >= 15 is 0 Å². The summed E-state index contributed by atoms with van der Waals surface area (Å²) in [7, 11) is 0. The van der Waals surface area contributed by atoms with Crippen LogP contribution >= 0.6 is 11.8 Å². The van der Waals surface area contributed by atoms with E-state index in [2.05, 4.69) is 16.2 Å². The Morgan fingerprint density at radius 2 is 1.75 bits per heavy atom. The van der Waals surface area contributed by atoms with Crippen molar-refractivity contribution >= 4 is 29.5 Å². The van der Waals surface area contributed by atoms with Crippen LogP contribution in [0, 0.1) is 6.92 Å². The van der Waals surface area contributed by atoms with E-state index in [1.807, 2.05) is 31.2 Å². The maximum absolute atomic E-state index is 11.7. The fourth-order valence-corrected chi connectivity index (χ4v) is 2.36. The van der Waals surface area contributed by atoms with E-state index < -0.39 is 11.8 Å². The van der Waals surface area contributed by atoms with Crippen LogP contribution in [-0.4, -0.2) is 30.0 Å². The van der Waals surface area contributed by atoms with Gasteiger partial charge in [-0.2, -0.15) is 0 Å². The highest BCUT2D eigenvalue weighted by Crippen LogP contribution is 2.17. The van der Waals surface area contributed by atoms with Crippen LogP contribution in [0.2, 0.25) is 0 Å². The molecule has 0 aliphatic carbocycles. The van der Waals surface area contributed by atoms with Gasteiger partial charge in [-0.1, -0.05) is 17.7 Å². The predicted octanol–water partition coefficient (Wildman–Crippen LogP) is 1.26. The lowest BCUT2D eigenvalue weighted by Crippen LogP contribution is -2.46. The Bertz CT molecular complexity index is 699. The summed E-state index contributed by atoms with van der Waals surface area (Å²) in [6.45, 7) is 1.71. The van der Waals surface area contributed by atoms with Gasteiger partial charge in [0.05, 0.1) is 18.6 Å². The second-order valence-corrected chi connectivity index (χ2v) is 5.91. The zero-order valence-corrected chi connectivity index (χ0v) is 13.8. The Kier molecular flexibility index (Phi) is 6.44. The van der Waals surface area contributed by atoms with Gasteiger partial charge in [-0.3, -0.25) is 25.2 Å². The van der Waals surface area contributed by atoms with Crippen LogP contribution in [0.25, 0.3) is 0 Å². The normalized spacial score (nSPS) is 10.0. The molecule has 2 aromatic rings. The fraction of sp³-hybridized carbons (Fsp3) is 0.188. The van der Waals surface area contributed by atoms with Crippen LogP contribution in [0.3, 0.4) is 0 Å². The van der Waals surface area contributed by atoms with Crippen molar-refractivity contribution < 1.29 is 18.8 Å². The number of hydrogen-bond acceptors (Lipinski definition) is 5. The number of furan rings is 1. The molecule has 126 valence electrons. The van der Waals surface area contributed by atoms with Gasteiger partial charge < -0.3 is 9.73 Å². The third-order valence-electron chi connectivity index (χ3n) is 2.89. The first kappa shape index (κ1) is 17.6. The van der Waals surface area contributed by atoms with E-state index in [0.29, 0.717) is 0 Å². The molecule has 0 aliphatic heterocycles. The molecule has 0 radical (unpaired) electrons. The summed E-state index contributed by atoms with van der Waals surface area (Å²) in [4.78, 5) is 35.7. The summed E-state index contributed by atoms with van der Waals surface area (Å²) in [5.74, 6) is -1.10. The van der Waals surface area contributed by atoms with Crippen molar-refractivity contribution in [3.63, 3.8) is 0 Å². The minimum atomic E-state index is -0.538. The quantitative estimate of drug-likeness (QED) is 0.539. The highest BCUT2D eigenvalue weighted by atomic mass is 32.2. The average Bonchev–Trinajstić information content (AvgIpc) is 3.12. The van der Waals surface area contributed by atoms with Gasteiger partial charge in [0, 0.05) is 4.90 Å². The molecule has 3 N–H and O–H groups in total. The van der Waals surface area contributed by atoms with Crippen LogP contribution in [0.1, 0.15) is 16.1 Å². The van der Waals surface area contributed by atoms with Crippen LogP contribution in [0.4, 0.5) is 0 Å². The van der Waals surface area contributed by atoms with Gasteiger partial charge in [-0.05, 0) is 31.2 Å². The van der Waals surface area contributed by atoms with Crippen molar-refractivity contribution in [2.75, 3.05) is 12.3 Å². The van der Waals surface area contributed by atoms with Gasteiger partial charge in [0.1, 0.15) is 0 Å². The standard InChI is InChI=1S/C16H17N3O4S/c1-11-4-6-12(7-5-11)24-10-15(21)19-18-14(20)9-17-16(22)13-3-2-8-23-13/h2-8H,9-10H2,1H3,(H,17,22)(H,18,20)(H,19,21). The number of nitrogens with one attached hydrogen (secondary N) is 3. The Morgan fingerprint density at radius 3 is 2.42 bits per heavy atom. The lowest BCUT2D eigenvalue weighted by molar-refractivity contribution is -0.127. The van der Waals surface area contributed by atoms with Gasteiger partial charge in [0.25, 0.3) is 11.8 Å². The lowest BCUT2D eigenvalue weighted by atomic mass is 10.2. The molecule has 1 heterocycles. The van der Waals surface area contributed by atoms with Crippen molar-refractivity contribution in [2.45, 2.75) is 11.8 Å². The number of amides is 3. The molecule has 0 fully saturated rings. The molecular weight excluding hydrogens is 330 g/mol. The minimum Gasteiger partial charge on any atom is -0.459 e. The van der Waals surface area contributed by atoms with Gasteiger partial charge in [-0.15, -0.1) is 11.8 Å². The molecule has 8 heteroatoms. The highest BCUT2D eigenvalue weighted by Gasteiger charge is 2.10. The Hall–Kier alpha value is -2.74. The van der Waals surface area contributed by atoms with Crippen molar-refractivity contribution in [1.82, 2.24) is 16.2 Å². The summed E-state index contributed by atoms with van der Waals surface area (Å²) in [5.41, 5.74) is 5.67. The average molecular weight is 347 g/mol. The molecule has 0 unspecified atom stereocenters. The first-order valence-corrected chi connectivity index (χ1v) is 8.12. The second-order valence-electron chi connectivity index (χ2n) is 4.86. The zero-order chi connectivity index (χ0) is 17.4. The van der Waals surface area contributed by atoms with Crippen LogP contribution in [-0.2, 0) is 9.59 Å². The number of carbonyl (C=O) groups excluding carboxylic acids is 3. The van der Waals surface area contributed by atoms with Crippen molar-refractivity contribution in [2.24, 2.45) is 0 Å². The van der Waals surface area contributed by atoms with E-state index in [9.17, 15) is 14.4 Å². The molecule has 0 spiro atoms. The number of aryl methyl sites for hydroxylation is 1. The monoisotopic (exact) mass is 347 g/mol. The minimum absolute atomic E-state index is 0.112. The molecule has 1 aromatic carbocycles. The maximum Gasteiger partial charge on any atom is 0.287 e. The number of carbonyl (C=O) groups is 3. The molecule has 0 bridgehead atoms. The third kappa shape index (κ3) is 5.81. The fourth-order valence-electron chi connectivity index (χ4n) is 1.66. The topological polar surface area (TPSA) is 100 Å². The Morgan fingerprint density at radius 1 is 1.04 bits per heavy atom. The van der Waals surface area contributed by atoms with E-state index in [4.69, 9.17) is 4.42 Å². The maximum atomic E-state index is 11.7. The first-order valence-electron chi connectivity index (χ1n) is 7.13. The van der Waals surface area contributed by atoms with Crippen molar-refractivity contribution in [1.29, 1.82) is 0 Å². The zero-order valence-electron chi connectivity index (χ0n) is 13.0. The van der Waals surface area contributed by atoms with Gasteiger partial charge in [0.15, 0.2) is 5.76 Å². The molecular formula is C16H17N3O4S. The van der Waals surface area contributed by atoms with E-state index in [1.54, 1.807) is 6.07 Å². The molecule has 24 heavy (non-hydrogen) atoms. The summed E-state index contributed by atoms with van der Waals surface area (Å²) in [5, 5.41) is 2.37. The highest BCUT2D eigenvalue weighted by molar-refractivity contribution is 8.00. The molecule has 7 nitrogen and oxygen atoms in total. The summed E-state index contributed by atoms with van der Waals surface area (Å²) in [6.07, 6.45) is 1.36. The predicted molar refractivity (Wildman–Crippen MR) is 89.2 cm³/mol. The van der Waals surface area contributed by atoms with Gasteiger partial charge >= 0.3 is 0 Å². The summed E-state index contributed by atoms with van der Waals surface area (Å²) in [6, 6.07) is 10.8. The molecule has 0 atom stereocenters. The number of rotatable bonds is 6. The van der Waals surface area contributed by atoms with E-state index in [0.717, 1.165) is 10.5 Å². The summed E-state index contributed by atoms with van der Waals surface area (Å²) >= 11 is 1.36. The Balaban J connectivity index is 1.63.